The van der Waals surface area contributed by atoms with Gasteiger partial charge in [0.2, 0.25) is 6.23 Å². The summed E-state index contributed by atoms with van der Waals surface area (Å²) in [6.45, 7) is 6.43. The molecule has 12 unspecified atom stereocenters. The number of aliphatic hydroxyl groups excluding tert-OH is 3. The van der Waals surface area contributed by atoms with E-state index in [1.165, 1.54) is 0 Å². The average Bonchev–Trinajstić information content (AvgIpc) is 3.16. The van der Waals surface area contributed by atoms with Crippen molar-refractivity contribution in [3.05, 3.63) is 0 Å². The van der Waals surface area contributed by atoms with E-state index in [1.54, 1.807) is 0 Å². The van der Waals surface area contributed by atoms with E-state index in [2.05, 4.69) is 13.8 Å². The maximum Gasteiger partial charge on any atom is 0.334 e. The van der Waals surface area contributed by atoms with E-state index in [9.17, 15) is 33.3 Å². The second-order valence-electron chi connectivity index (χ2n) is 12.7. The highest BCUT2D eigenvalue weighted by Crippen LogP contribution is 2.68. The first-order valence-corrected chi connectivity index (χ1v) is 15.0. The van der Waals surface area contributed by atoms with Crippen LogP contribution in [-0.2, 0) is 24.4 Å². The van der Waals surface area contributed by atoms with E-state index >= 15 is 0 Å². The molecule has 0 radical (unpaired) electrons. The molecule has 212 valence electrons. The first kappa shape index (κ1) is 28.9. The van der Waals surface area contributed by atoms with E-state index in [4.69, 9.17) is 15.0 Å². The maximum atomic E-state index is 12.2. The first-order valence-electron chi connectivity index (χ1n) is 13.6. The summed E-state index contributed by atoms with van der Waals surface area (Å²) in [4.78, 5) is 23.7. The Morgan fingerprint density at radius 3 is 2.38 bits per heavy atom. The summed E-state index contributed by atoms with van der Waals surface area (Å²) in [5.74, 6) is 0.00780. The summed E-state index contributed by atoms with van der Waals surface area (Å²) in [5.41, 5.74) is 4.88. The average molecular weight is 546 g/mol. The van der Waals surface area contributed by atoms with Gasteiger partial charge >= 0.3 is 21.2 Å². The van der Waals surface area contributed by atoms with Crippen LogP contribution in [0.3, 0.4) is 0 Å². The Morgan fingerprint density at radius 2 is 1.73 bits per heavy atom. The van der Waals surface area contributed by atoms with Crippen LogP contribution < -0.4 is 5.73 Å². The predicted octanol–water partition coefficient (Wildman–Crippen LogP) is 1.61. The molecule has 37 heavy (non-hydrogen) atoms. The van der Waals surface area contributed by atoms with Gasteiger partial charge in [-0.05, 0) is 97.7 Å². The standard InChI is InChI=1S/C26H43NO9S/c1-13(4-7-21(31)36-23(27)24(32)37(33,34)35)16-5-6-17-22-18(12-20(30)26(16,17)3)25(2)9-8-15(28)10-14(25)11-19(22)29/h13-20,22-23,28-30H,4-12,27H2,1-3H3,(H,33,34,35). The van der Waals surface area contributed by atoms with Crippen molar-refractivity contribution in [2.24, 2.45) is 52.1 Å². The van der Waals surface area contributed by atoms with Crippen molar-refractivity contribution in [2.45, 2.75) is 103 Å². The Kier molecular flexibility index (Phi) is 7.91. The van der Waals surface area contributed by atoms with Crippen molar-refractivity contribution in [3.8, 4) is 0 Å². The van der Waals surface area contributed by atoms with Gasteiger partial charge in [0.1, 0.15) is 0 Å². The molecular formula is C26H43NO9S. The van der Waals surface area contributed by atoms with E-state index in [0.717, 1.165) is 25.7 Å². The molecule has 4 aliphatic rings. The SMILES string of the molecule is CC(CCC(=O)OC(N)C(=O)S(=O)(=O)O)C1CCC2C3C(O)CC4CC(O)CCC4(C)C3CC(O)C12C. The van der Waals surface area contributed by atoms with Gasteiger partial charge in [-0.1, -0.05) is 20.8 Å². The highest BCUT2D eigenvalue weighted by Gasteiger charge is 2.65. The maximum absolute atomic E-state index is 12.2. The number of hydrogen-bond donors (Lipinski definition) is 5. The number of carbonyl (C=O) groups is 2. The van der Waals surface area contributed by atoms with Crippen LogP contribution in [0.2, 0.25) is 0 Å². The first-order chi connectivity index (χ1) is 17.1. The molecule has 6 N–H and O–H groups in total. The van der Waals surface area contributed by atoms with Crippen LogP contribution in [0, 0.1) is 46.3 Å². The second-order valence-corrected chi connectivity index (χ2v) is 14.1. The second kappa shape index (κ2) is 10.1. The summed E-state index contributed by atoms with van der Waals surface area (Å²) in [5, 5.41) is 31.5. The van der Waals surface area contributed by atoms with Crippen molar-refractivity contribution in [1.82, 2.24) is 0 Å². The van der Waals surface area contributed by atoms with E-state index < -0.39 is 45.1 Å². The Bertz CT molecular complexity index is 1000. The number of hydrogen-bond acceptors (Lipinski definition) is 9. The quantitative estimate of drug-likeness (QED) is 0.187. The third-order valence-corrected chi connectivity index (χ3v) is 11.8. The molecule has 0 bridgehead atoms. The summed E-state index contributed by atoms with van der Waals surface area (Å²) < 4.78 is 35.3. The lowest BCUT2D eigenvalue weighted by atomic mass is 9.43. The molecule has 11 heteroatoms. The molecule has 0 aromatic rings. The fraction of sp³-hybridized carbons (Fsp3) is 0.923. The van der Waals surface area contributed by atoms with E-state index in [0.29, 0.717) is 25.7 Å². The van der Waals surface area contributed by atoms with Crippen LogP contribution in [0.5, 0.6) is 0 Å². The summed E-state index contributed by atoms with van der Waals surface area (Å²) >= 11 is 0. The normalized spacial score (nSPS) is 45.2. The smallest absolute Gasteiger partial charge is 0.334 e. The van der Waals surface area contributed by atoms with Gasteiger partial charge in [-0.2, -0.15) is 8.42 Å². The molecule has 0 spiro atoms. The molecule has 4 saturated carbocycles. The molecule has 12 atom stereocenters. The molecule has 4 aliphatic carbocycles. The van der Waals surface area contributed by atoms with Crippen LogP contribution in [0.4, 0.5) is 0 Å². The van der Waals surface area contributed by atoms with Crippen LogP contribution in [0.25, 0.3) is 0 Å². The van der Waals surface area contributed by atoms with Gasteiger partial charge in [-0.15, -0.1) is 0 Å². The predicted molar refractivity (Wildman–Crippen MR) is 133 cm³/mol. The minimum Gasteiger partial charge on any atom is -0.438 e. The molecule has 0 heterocycles. The van der Waals surface area contributed by atoms with Gasteiger partial charge in [-0.25, -0.2) is 0 Å². The highest BCUT2D eigenvalue weighted by molar-refractivity contribution is 8.01. The van der Waals surface area contributed by atoms with Crippen LogP contribution in [0.15, 0.2) is 0 Å². The number of ether oxygens (including phenoxy) is 1. The number of rotatable bonds is 6. The van der Waals surface area contributed by atoms with Crippen molar-refractivity contribution in [3.63, 3.8) is 0 Å². The van der Waals surface area contributed by atoms with Gasteiger partial charge in [-0.3, -0.25) is 19.9 Å². The molecule has 4 fully saturated rings. The highest BCUT2D eigenvalue weighted by atomic mass is 32.2. The zero-order valence-electron chi connectivity index (χ0n) is 22.0. The molecule has 4 rings (SSSR count). The molecule has 0 aromatic heterocycles. The number of fused-ring (bicyclic) bond motifs is 5. The van der Waals surface area contributed by atoms with Crippen LogP contribution >= 0.6 is 0 Å². The molecule has 0 amide bonds. The lowest BCUT2D eigenvalue weighted by Gasteiger charge is -2.63. The number of nitrogens with two attached hydrogens (primary N) is 1. The fourth-order valence-electron chi connectivity index (χ4n) is 9.07. The largest absolute Gasteiger partial charge is 0.438 e. The minimum atomic E-state index is -5.05. The van der Waals surface area contributed by atoms with Gasteiger partial charge in [0.15, 0.2) is 0 Å². The molecule has 10 nitrogen and oxygen atoms in total. The van der Waals surface area contributed by atoms with Gasteiger partial charge in [0.25, 0.3) is 0 Å². The Balaban J connectivity index is 1.44. The summed E-state index contributed by atoms with van der Waals surface area (Å²) in [7, 11) is -5.05. The Morgan fingerprint density at radius 1 is 1.05 bits per heavy atom. The Hall–Kier alpha value is -1.11. The van der Waals surface area contributed by atoms with Gasteiger partial charge < -0.3 is 20.1 Å². The number of esters is 1. The lowest BCUT2D eigenvalue weighted by Crippen LogP contribution is -2.62. The van der Waals surface area contributed by atoms with Crippen molar-refractivity contribution < 1.29 is 42.6 Å². The molecule has 0 saturated heterocycles. The Labute approximate surface area is 219 Å². The molecular weight excluding hydrogens is 502 g/mol. The molecule has 0 aromatic carbocycles. The van der Waals surface area contributed by atoms with Crippen LogP contribution in [0.1, 0.15) is 78.6 Å². The topological polar surface area (TPSA) is 184 Å². The third kappa shape index (κ3) is 5.00. The lowest BCUT2D eigenvalue weighted by molar-refractivity contribution is -0.207. The van der Waals surface area contributed by atoms with Crippen LogP contribution in [-0.4, -0.2) is 63.9 Å². The van der Waals surface area contributed by atoms with Gasteiger partial charge in [0, 0.05) is 6.42 Å². The third-order valence-electron chi connectivity index (χ3n) is 11.1. The zero-order valence-corrected chi connectivity index (χ0v) is 22.8. The fourth-order valence-corrected chi connectivity index (χ4v) is 9.42. The van der Waals surface area contributed by atoms with Crippen molar-refractivity contribution in [2.75, 3.05) is 0 Å². The zero-order chi connectivity index (χ0) is 27.5. The number of carbonyl (C=O) groups excluding carboxylic acids is 2. The summed E-state index contributed by atoms with van der Waals surface area (Å²) in [6, 6.07) is 0. The van der Waals surface area contributed by atoms with Crippen molar-refractivity contribution >= 4 is 21.2 Å². The van der Waals surface area contributed by atoms with Crippen molar-refractivity contribution in [1.29, 1.82) is 0 Å². The van der Waals surface area contributed by atoms with Gasteiger partial charge in [0.05, 0.1) is 18.3 Å². The monoisotopic (exact) mass is 545 g/mol. The van der Waals surface area contributed by atoms with E-state index in [1.807, 2.05) is 6.92 Å². The molecule has 0 aliphatic heterocycles. The minimum absolute atomic E-state index is 0.00283. The van der Waals surface area contributed by atoms with E-state index in [-0.39, 0.29) is 53.4 Å². The number of aliphatic hydroxyl groups is 3. The summed E-state index contributed by atoms with van der Waals surface area (Å²) in [6.07, 6.45) is 2.36.